The number of phenols is 3. The average molecular weight is 1540 g/mol. The third-order valence-corrected chi connectivity index (χ3v) is 18.8. The first-order valence-corrected chi connectivity index (χ1v) is 33.6. The van der Waals surface area contributed by atoms with Crippen molar-refractivity contribution < 1.29 is 82.3 Å². The number of halogens is 2. The minimum absolute atomic E-state index is 0. The summed E-state index contributed by atoms with van der Waals surface area (Å²) in [5, 5.41) is 64.5. The van der Waals surface area contributed by atoms with Crippen molar-refractivity contribution in [3.05, 3.63) is 214 Å². The number of ether oxygens (including phenoxy) is 3. The number of benzene rings is 5. The summed E-state index contributed by atoms with van der Waals surface area (Å²) < 4.78 is 14.2. The van der Waals surface area contributed by atoms with Gasteiger partial charge < -0.3 is 77.8 Å². The molecule has 5 aromatic heterocycles. The number of nitrogens with one attached hydrogen (secondary N) is 10. The van der Waals surface area contributed by atoms with Crippen LogP contribution in [0.25, 0.3) is 21.8 Å². The molecule has 0 fully saturated rings. The lowest BCUT2D eigenvalue weighted by Gasteiger charge is -2.17. The van der Waals surface area contributed by atoms with E-state index in [4.69, 9.17) is 15.2 Å². The highest BCUT2D eigenvalue weighted by atomic mass is 35.5. The number of thiophene rings is 3. The minimum Gasteiger partial charge on any atom is -0.508 e. The van der Waals surface area contributed by atoms with Crippen molar-refractivity contribution in [3.63, 3.8) is 0 Å². The first-order chi connectivity index (χ1) is 49.4. The molecule has 105 heavy (non-hydrogen) atoms. The summed E-state index contributed by atoms with van der Waals surface area (Å²) in [6.45, 7) is 5.16. The summed E-state index contributed by atoms with van der Waals surface area (Å²) in [5.41, 5.74) is 11.5. The Labute approximate surface area is 623 Å². The number of aromatic hydroxyl groups is 3. The van der Waals surface area contributed by atoms with Gasteiger partial charge in [0.15, 0.2) is 0 Å². The second kappa shape index (κ2) is 39.1. The Hall–Kier alpha value is -11.8. The number of hydrogen-bond acceptors (Lipinski definition) is 23. The van der Waals surface area contributed by atoms with Crippen molar-refractivity contribution in [1.29, 1.82) is 0 Å². The molecule has 0 aliphatic rings. The van der Waals surface area contributed by atoms with Crippen LogP contribution in [-0.2, 0) is 48.2 Å². The lowest BCUT2D eigenvalue weighted by Crippen LogP contribution is -2.49. The standard InChI is InChI=1S/2C26H25N5O6S.C18H21N3O5S.2ClH/c2*1-14-9-21(24(34)27-11-15-5-3-6-16(32)10-15)38-22(14)25(35)30-20(26(36)37-2)13-28-23(33)17-7-4-8-19-18(17)12-29-31-19;1-10-6-14(16(23)20-9-11-4-3-5-12(22)7-11)27-15(10)17(24)21-13(8-19)18(25)26-2;;/h2*3-10,12,20,32H,11,13H2,1-2H3,(H,27,34)(H,28,33)(H,29,31)(H,30,35);3-7,13,22H,8-9,19H2,1-2H3,(H,20,23)(H,21,24);2*1H/t2*20-;13-;;/m000../s1. The van der Waals surface area contributed by atoms with Crippen LogP contribution in [0, 0.1) is 20.8 Å². The molecule has 35 heteroatoms. The lowest BCUT2D eigenvalue weighted by molar-refractivity contribution is -0.143. The van der Waals surface area contributed by atoms with E-state index in [0.29, 0.717) is 69.1 Å². The molecule has 3 atom stereocenters. The number of H-pyrrole nitrogens is 2. The zero-order chi connectivity index (χ0) is 74.4. The zero-order valence-corrected chi connectivity index (χ0v) is 60.9. The predicted molar refractivity (Wildman–Crippen MR) is 395 cm³/mol. The van der Waals surface area contributed by atoms with E-state index >= 15 is 0 Å². The van der Waals surface area contributed by atoms with Gasteiger partial charge in [-0.2, -0.15) is 10.2 Å². The van der Waals surface area contributed by atoms with E-state index in [1.807, 2.05) is 0 Å². The first kappa shape index (κ1) is 82.2. The predicted octanol–water partition coefficient (Wildman–Crippen LogP) is 6.31. The molecule has 0 saturated heterocycles. The van der Waals surface area contributed by atoms with Crippen LogP contribution in [0.1, 0.15) is 112 Å². The van der Waals surface area contributed by atoms with Crippen LogP contribution >= 0.6 is 58.8 Å². The van der Waals surface area contributed by atoms with E-state index in [1.165, 1.54) is 45.9 Å². The van der Waals surface area contributed by atoms with Crippen LogP contribution in [0.2, 0.25) is 0 Å². The largest absolute Gasteiger partial charge is 0.508 e. The number of nitrogens with two attached hydrogens (primary N) is 1. The normalized spacial score (nSPS) is 11.3. The van der Waals surface area contributed by atoms with Crippen LogP contribution in [0.3, 0.4) is 0 Å². The highest BCUT2D eigenvalue weighted by Gasteiger charge is 2.29. The van der Waals surface area contributed by atoms with Crippen LogP contribution in [-0.4, -0.2) is 160 Å². The molecule has 8 amide bonds. The van der Waals surface area contributed by atoms with E-state index in [9.17, 15) is 68.1 Å². The summed E-state index contributed by atoms with van der Waals surface area (Å²) in [5.74, 6) is -5.46. The van der Waals surface area contributed by atoms with Gasteiger partial charge in [-0.25, -0.2) is 14.4 Å². The third kappa shape index (κ3) is 22.4. The lowest BCUT2D eigenvalue weighted by atomic mass is 10.1. The monoisotopic (exact) mass is 1530 g/mol. The molecule has 15 N–H and O–H groups in total. The SMILES string of the molecule is COC(=O)[C@H](CN)NC(=O)c1sc(C(=O)NCc2cccc(O)c2)cc1C.COC(=O)[C@H](CNC(=O)c1cccc2[nH]ncc12)NC(=O)c1sc(C(=O)NCc2cccc(O)c2)cc1C.COC(=O)[C@H](CNC(=O)c1cccc2[nH]ncc12)NC(=O)c1sc(C(=O)NCc2cccc(O)c2)cc1C.Cl.Cl. The molecule has 552 valence electrons. The summed E-state index contributed by atoms with van der Waals surface area (Å²) in [4.78, 5) is 140. The zero-order valence-electron chi connectivity index (χ0n) is 56.8. The molecule has 0 aliphatic carbocycles. The van der Waals surface area contributed by atoms with Gasteiger partial charge in [-0.1, -0.05) is 48.5 Å². The summed E-state index contributed by atoms with van der Waals surface area (Å²) >= 11 is 2.97. The van der Waals surface area contributed by atoms with Crippen LogP contribution in [0.4, 0.5) is 0 Å². The maximum atomic E-state index is 13.0. The molecular formula is C70H73Cl2N13O17S3. The van der Waals surface area contributed by atoms with Gasteiger partial charge in [-0.05, 0) is 133 Å². The van der Waals surface area contributed by atoms with Crippen molar-refractivity contribution in [3.8, 4) is 17.2 Å². The van der Waals surface area contributed by atoms with Gasteiger partial charge in [-0.3, -0.25) is 48.6 Å². The van der Waals surface area contributed by atoms with Gasteiger partial charge in [-0.15, -0.1) is 58.8 Å². The van der Waals surface area contributed by atoms with Gasteiger partial charge in [0.05, 0.1) is 85.1 Å². The summed E-state index contributed by atoms with van der Waals surface area (Å²) in [6.07, 6.45) is 3.06. The smallest absolute Gasteiger partial charge is 0.330 e. The Kier molecular flexibility index (Phi) is 30.6. The molecule has 10 aromatic rings. The maximum Gasteiger partial charge on any atom is 0.330 e. The van der Waals surface area contributed by atoms with Gasteiger partial charge in [0.1, 0.15) is 35.4 Å². The first-order valence-electron chi connectivity index (χ1n) is 31.1. The summed E-state index contributed by atoms with van der Waals surface area (Å²) in [6, 6.07) is 31.3. The van der Waals surface area contributed by atoms with Gasteiger partial charge in [0.2, 0.25) is 0 Å². The number of nitrogens with zero attached hydrogens (tertiary/aromatic N) is 2. The number of carbonyl (C=O) groups excluding carboxylic acids is 11. The second-order valence-electron chi connectivity index (χ2n) is 22.5. The van der Waals surface area contributed by atoms with Crippen molar-refractivity contribution in [2.75, 3.05) is 41.0 Å². The van der Waals surface area contributed by atoms with Crippen LogP contribution < -0.4 is 48.3 Å². The maximum absolute atomic E-state index is 13.0. The van der Waals surface area contributed by atoms with E-state index in [1.54, 1.807) is 136 Å². The second-order valence-corrected chi connectivity index (χ2v) is 25.7. The molecular weight excluding hydrogens is 1460 g/mol. The average Bonchev–Trinajstić information content (AvgIpc) is 1.71. The number of aromatic amines is 2. The number of methoxy groups -OCH3 is 3. The molecule has 5 heterocycles. The number of hydrogen-bond donors (Lipinski definition) is 14. The Morgan fingerprint density at radius 3 is 1.03 bits per heavy atom. The van der Waals surface area contributed by atoms with E-state index in [0.717, 1.165) is 50.7 Å². The number of fused-ring (bicyclic) bond motifs is 2. The minimum atomic E-state index is -1.16. The topological polar surface area (TPSA) is 456 Å². The van der Waals surface area contributed by atoms with Crippen molar-refractivity contribution in [2.24, 2.45) is 5.73 Å². The molecule has 10 rings (SSSR count). The Balaban J connectivity index is 0.000000249. The molecule has 0 saturated carbocycles. The number of rotatable bonds is 25. The van der Waals surface area contributed by atoms with E-state index in [-0.39, 0.29) is 109 Å². The molecule has 5 aromatic carbocycles. The van der Waals surface area contributed by atoms with E-state index < -0.39 is 65.6 Å². The number of carbonyl (C=O) groups is 11. The van der Waals surface area contributed by atoms with Crippen LogP contribution in [0.15, 0.2) is 140 Å². The summed E-state index contributed by atoms with van der Waals surface area (Å²) in [7, 11) is 3.57. The number of amides is 8. The highest BCUT2D eigenvalue weighted by molar-refractivity contribution is 7.17. The fraction of sp³-hybridized carbons (Fsp3) is 0.214. The third-order valence-electron chi connectivity index (χ3n) is 15.1. The van der Waals surface area contributed by atoms with Crippen LogP contribution in [0.5, 0.6) is 17.2 Å². The fourth-order valence-corrected chi connectivity index (χ4v) is 12.9. The number of phenolic OH excluding ortho intramolecular Hbond substituents is 3. The number of aryl methyl sites for hydroxylation is 3. The molecule has 30 nitrogen and oxygen atoms in total. The van der Waals surface area contributed by atoms with Crippen molar-refractivity contribution >= 4 is 146 Å². The number of aromatic nitrogens is 4. The molecule has 0 aliphatic heterocycles. The molecule has 0 radical (unpaired) electrons. The Morgan fingerprint density at radius 2 is 0.724 bits per heavy atom. The number of esters is 3. The Morgan fingerprint density at radius 1 is 0.419 bits per heavy atom. The van der Waals surface area contributed by atoms with Crippen molar-refractivity contribution in [1.82, 2.24) is 62.9 Å². The molecule has 0 unspecified atom stereocenters. The quantitative estimate of drug-likeness (QED) is 0.0220. The van der Waals surface area contributed by atoms with Gasteiger partial charge in [0, 0.05) is 50.0 Å². The Bertz CT molecular complexity index is 4580. The van der Waals surface area contributed by atoms with Gasteiger partial charge >= 0.3 is 17.9 Å². The molecule has 0 bridgehead atoms. The highest BCUT2D eigenvalue weighted by Crippen LogP contribution is 2.26. The fourth-order valence-electron chi connectivity index (χ4n) is 9.88. The van der Waals surface area contributed by atoms with Gasteiger partial charge in [0.25, 0.3) is 47.3 Å². The molecule has 0 spiro atoms. The van der Waals surface area contributed by atoms with E-state index in [2.05, 4.69) is 67.7 Å². The van der Waals surface area contributed by atoms with Crippen molar-refractivity contribution in [2.45, 2.75) is 58.5 Å².